The third-order valence-corrected chi connectivity index (χ3v) is 1.25. The Balaban J connectivity index is 0.000000423. The Morgan fingerprint density at radius 1 is 1.13 bits per heavy atom. The van der Waals surface area contributed by atoms with Crippen LogP contribution in [0.5, 0.6) is 0 Å². The zero-order valence-corrected chi connectivity index (χ0v) is 8.46. The lowest BCUT2D eigenvalue weighted by molar-refractivity contribution is -0.127. The molecule has 86 valence electrons. The van der Waals surface area contributed by atoms with Crippen LogP contribution in [0.2, 0.25) is 0 Å². The van der Waals surface area contributed by atoms with Gasteiger partial charge in [0.1, 0.15) is 0 Å². The van der Waals surface area contributed by atoms with E-state index in [9.17, 15) is 13.2 Å². The highest BCUT2D eigenvalue weighted by molar-refractivity contribution is 7.69. The van der Waals surface area contributed by atoms with Gasteiger partial charge in [-0.1, -0.05) is 30.3 Å². The standard InChI is InChI=1S/C8H7F3.H3NO2S/c9-8(10,11)6-7-4-2-1-3-5-7;1-4(2)3/h1-5H,6H2;4H,(H2,1,2,3). The van der Waals surface area contributed by atoms with Crippen LogP contribution in [0.15, 0.2) is 30.3 Å². The second-order valence-electron chi connectivity index (χ2n) is 2.56. The maximum Gasteiger partial charge on any atom is 0.393 e. The lowest BCUT2D eigenvalue weighted by atomic mass is 10.1. The van der Waals surface area contributed by atoms with E-state index in [4.69, 9.17) is 8.42 Å². The van der Waals surface area contributed by atoms with Gasteiger partial charge in [0.15, 0.2) is 10.9 Å². The van der Waals surface area contributed by atoms with Gasteiger partial charge < -0.3 is 0 Å². The van der Waals surface area contributed by atoms with Crippen LogP contribution in [0.25, 0.3) is 0 Å². The highest BCUT2D eigenvalue weighted by Crippen LogP contribution is 2.20. The van der Waals surface area contributed by atoms with Gasteiger partial charge in [0.05, 0.1) is 6.42 Å². The molecule has 0 aliphatic heterocycles. The average Bonchev–Trinajstić information content (AvgIpc) is 2.01. The minimum Gasteiger partial charge on any atom is -0.231 e. The van der Waals surface area contributed by atoms with E-state index in [2.05, 4.69) is 5.14 Å². The normalized spacial score (nSPS) is 10.7. The maximum absolute atomic E-state index is 11.7. The molecule has 2 N–H and O–H groups in total. The highest BCUT2D eigenvalue weighted by Gasteiger charge is 2.27. The Kier molecular flexibility index (Phi) is 5.95. The quantitative estimate of drug-likeness (QED) is 0.727. The molecule has 1 aromatic rings. The molecular formula is C8H10F3NO2S. The Hall–Kier alpha value is -1.08. The fourth-order valence-electron chi connectivity index (χ4n) is 0.827. The van der Waals surface area contributed by atoms with E-state index < -0.39 is 23.5 Å². The van der Waals surface area contributed by atoms with E-state index in [1.54, 1.807) is 18.2 Å². The molecule has 0 unspecified atom stereocenters. The monoisotopic (exact) mass is 241 g/mol. The van der Waals surface area contributed by atoms with Crippen LogP contribution in [-0.4, -0.2) is 14.6 Å². The van der Waals surface area contributed by atoms with Gasteiger partial charge in [0.25, 0.3) is 0 Å². The molecule has 0 radical (unpaired) electrons. The van der Waals surface area contributed by atoms with E-state index in [0.29, 0.717) is 5.56 Å². The number of thiol groups is 1. The van der Waals surface area contributed by atoms with Crippen LogP contribution in [0.4, 0.5) is 13.2 Å². The van der Waals surface area contributed by atoms with Crippen molar-refractivity contribution in [2.75, 3.05) is 0 Å². The molecule has 0 bridgehead atoms. The summed E-state index contributed by atoms with van der Waals surface area (Å²) < 4.78 is 52.9. The zero-order valence-electron chi connectivity index (χ0n) is 7.57. The van der Waals surface area contributed by atoms with Gasteiger partial charge in [-0.2, -0.15) is 13.2 Å². The van der Waals surface area contributed by atoms with Crippen molar-refractivity contribution in [1.82, 2.24) is 0 Å². The van der Waals surface area contributed by atoms with E-state index in [0.717, 1.165) is 0 Å². The third-order valence-electron chi connectivity index (χ3n) is 1.25. The lowest BCUT2D eigenvalue weighted by Gasteiger charge is -2.04. The predicted molar refractivity (Wildman–Crippen MR) is 50.7 cm³/mol. The van der Waals surface area contributed by atoms with Crippen LogP contribution >= 0.6 is 0 Å². The fraction of sp³-hybridized carbons (Fsp3) is 0.250. The maximum atomic E-state index is 11.7. The molecule has 0 aliphatic rings. The van der Waals surface area contributed by atoms with Crippen molar-refractivity contribution < 1.29 is 21.6 Å². The van der Waals surface area contributed by atoms with Crippen LogP contribution in [0, 0.1) is 0 Å². The molecule has 1 rings (SSSR count). The molecule has 0 aliphatic carbocycles. The largest absolute Gasteiger partial charge is 0.393 e. The minimum absolute atomic E-state index is 0.306. The summed E-state index contributed by atoms with van der Waals surface area (Å²) >= 11 is 0. The van der Waals surface area contributed by atoms with Gasteiger partial charge in [0, 0.05) is 0 Å². The van der Waals surface area contributed by atoms with Crippen molar-refractivity contribution in [3.8, 4) is 0 Å². The van der Waals surface area contributed by atoms with Crippen LogP contribution in [-0.2, 0) is 17.3 Å². The number of hydrogen-bond acceptors (Lipinski definition) is 2. The second-order valence-corrected chi connectivity index (χ2v) is 3.13. The van der Waals surface area contributed by atoms with Crippen molar-refractivity contribution in [1.29, 1.82) is 0 Å². The first-order valence-electron chi connectivity index (χ1n) is 3.81. The van der Waals surface area contributed by atoms with Gasteiger partial charge >= 0.3 is 6.18 Å². The smallest absolute Gasteiger partial charge is 0.231 e. The van der Waals surface area contributed by atoms with E-state index in [1.807, 2.05) is 0 Å². The number of halogens is 3. The molecule has 0 fully saturated rings. The second kappa shape index (κ2) is 6.41. The molecule has 0 aromatic heterocycles. The Morgan fingerprint density at radius 3 is 1.87 bits per heavy atom. The molecule has 0 atom stereocenters. The lowest BCUT2D eigenvalue weighted by Crippen LogP contribution is -2.11. The van der Waals surface area contributed by atoms with Crippen LogP contribution in [0.1, 0.15) is 5.56 Å². The van der Waals surface area contributed by atoms with Crippen molar-refractivity contribution in [3.63, 3.8) is 0 Å². The molecule has 0 heterocycles. The predicted octanol–water partition coefficient (Wildman–Crippen LogP) is 1.26. The summed E-state index contributed by atoms with van der Waals surface area (Å²) in [5, 5.41) is 4.06. The SMILES string of the molecule is FC(F)(F)Cc1ccccc1.N[SH](=O)=O. The molecule has 1 aromatic carbocycles. The molecule has 0 spiro atoms. The Bertz CT molecular complexity index is 341. The van der Waals surface area contributed by atoms with Crippen molar-refractivity contribution in [3.05, 3.63) is 35.9 Å². The molecule has 0 saturated carbocycles. The van der Waals surface area contributed by atoms with E-state index >= 15 is 0 Å². The van der Waals surface area contributed by atoms with Gasteiger partial charge in [-0.25, -0.2) is 13.6 Å². The summed E-state index contributed by atoms with van der Waals surface area (Å²) in [6, 6.07) is 7.82. The number of benzene rings is 1. The molecule has 3 nitrogen and oxygen atoms in total. The highest BCUT2D eigenvalue weighted by atomic mass is 32.2. The molecular weight excluding hydrogens is 231 g/mol. The zero-order chi connectivity index (χ0) is 11.9. The average molecular weight is 241 g/mol. The number of hydrogen-bond donors (Lipinski definition) is 2. The summed E-state index contributed by atoms with van der Waals surface area (Å²) in [6.07, 6.45) is -4.94. The molecule has 0 saturated heterocycles. The van der Waals surface area contributed by atoms with E-state index in [-0.39, 0.29) is 0 Å². The Labute approximate surface area is 86.8 Å². The fourth-order valence-corrected chi connectivity index (χ4v) is 0.827. The van der Waals surface area contributed by atoms with Crippen molar-refractivity contribution in [2.24, 2.45) is 5.14 Å². The summed E-state index contributed by atoms with van der Waals surface area (Å²) in [7, 11) is -2.62. The first-order valence-corrected chi connectivity index (χ1v) is 5.05. The minimum atomic E-state index is -4.10. The number of rotatable bonds is 1. The first-order chi connectivity index (χ1) is 6.81. The summed E-state index contributed by atoms with van der Waals surface area (Å²) in [4.78, 5) is 0. The van der Waals surface area contributed by atoms with Gasteiger partial charge in [0.2, 0.25) is 0 Å². The van der Waals surface area contributed by atoms with Crippen LogP contribution in [0.3, 0.4) is 0 Å². The summed E-state index contributed by atoms with van der Waals surface area (Å²) in [6.45, 7) is 0. The molecule has 0 amide bonds. The molecule has 7 heteroatoms. The number of nitrogens with two attached hydrogens (primary N) is 1. The number of alkyl halides is 3. The Morgan fingerprint density at radius 2 is 1.53 bits per heavy atom. The summed E-state index contributed by atoms with van der Waals surface area (Å²) in [5.41, 5.74) is 0.306. The van der Waals surface area contributed by atoms with Crippen molar-refractivity contribution >= 4 is 10.9 Å². The topological polar surface area (TPSA) is 60.2 Å². The summed E-state index contributed by atoms with van der Waals surface area (Å²) in [5.74, 6) is 0. The van der Waals surface area contributed by atoms with E-state index in [1.165, 1.54) is 12.1 Å². The van der Waals surface area contributed by atoms with Crippen LogP contribution < -0.4 is 5.14 Å². The third kappa shape index (κ3) is 10.8. The van der Waals surface area contributed by atoms with Gasteiger partial charge in [-0.15, -0.1) is 0 Å². The van der Waals surface area contributed by atoms with Gasteiger partial charge in [-0.3, -0.25) is 0 Å². The first kappa shape index (κ1) is 13.9. The molecule has 15 heavy (non-hydrogen) atoms. The van der Waals surface area contributed by atoms with Gasteiger partial charge in [-0.05, 0) is 5.56 Å². The van der Waals surface area contributed by atoms with Crippen molar-refractivity contribution in [2.45, 2.75) is 12.6 Å².